The van der Waals surface area contributed by atoms with Crippen LogP contribution < -0.4 is 16.0 Å². The molecule has 2 bridgehead atoms. The molecule has 4 heterocycles. The summed E-state index contributed by atoms with van der Waals surface area (Å²) < 4.78 is 0. The first-order valence-corrected chi connectivity index (χ1v) is 11.8. The maximum absolute atomic E-state index is 12.1. The third-order valence-electron chi connectivity index (χ3n) is 7.42. The minimum atomic E-state index is -0.00322. The van der Waals surface area contributed by atoms with Crippen molar-refractivity contribution in [2.45, 2.75) is 31.3 Å². The summed E-state index contributed by atoms with van der Waals surface area (Å²) in [6.45, 7) is 2.96. The predicted octanol–water partition coefficient (Wildman–Crippen LogP) is 3.57. The number of fused-ring (bicyclic) bond motifs is 3. The van der Waals surface area contributed by atoms with Crippen LogP contribution in [0.15, 0.2) is 54.7 Å². The summed E-state index contributed by atoms with van der Waals surface area (Å²) in [6.07, 6.45) is 5.24. The molecule has 0 saturated carbocycles. The Labute approximate surface area is 194 Å². The minimum absolute atomic E-state index is 0.00322. The molecular weight excluding hydrogens is 410 g/mol. The van der Waals surface area contributed by atoms with Gasteiger partial charge in [-0.3, -0.25) is 4.79 Å². The number of aromatic nitrogens is 1. The lowest BCUT2D eigenvalue weighted by atomic mass is 9.94. The number of nitrogens with two attached hydrogens (primary N) is 1. The Morgan fingerprint density at radius 3 is 2.42 bits per heavy atom. The molecule has 0 unspecified atom stereocenters. The van der Waals surface area contributed by atoms with E-state index in [1.165, 1.54) is 18.5 Å². The Kier molecular flexibility index (Phi) is 4.84. The van der Waals surface area contributed by atoms with Crippen LogP contribution in [0, 0.1) is 0 Å². The van der Waals surface area contributed by atoms with Crippen LogP contribution in [0.4, 0.5) is 11.5 Å². The highest BCUT2D eigenvalue weighted by molar-refractivity contribution is 5.97. The van der Waals surface area contributed by atoms with E-state index < -0.39 is 0 Å². The van der Waals surface area contributed by atoms with Crippen molar-refractivity contribution in [3.05, 3.63) is 65.9 Å². The standard InChI is InChI=1S/C27H29N5O/c1-31-15-22-7-8-23(16-31)32(22)21-5-2-17(3-6-21)20-13-25(26(28)30-14-20)18-4-9-24-19(12-18)10-11-29-27(24)33/h2-6,9,12-14,22-23H,7-8,10-11,15-16H2,1H3,(H2,28,30)(H,29,33)/t22-,23+. The molecule has 2 aromatic carbocycles. The fourth-order valence-electron chi connectivity index (χ4n) is 5.82. The zero-order valence-electron chi connectivity index (χ0n) is 18.9. The largest absolute Gasteiger partial charge is 0.383 e. The predicted molar refractivity (Wildman–Crippen MR) is 132 cm³/mol. The molecule has 6 rings (SSSR count). The summed E-state index contributed by atoms with van der Waals surface area (Å²) >= 11 is 0. The molecule has 3 N–H and O–H groups in total. The molecule has 1 amide bonds. The summed E-state index contributed by atoms with van der Waals surface area (Å²) in [5, 5.41) is 2.90. The Hall–Kier alpha value is -3.38. The summed E-state index contributed by atoms with van der Waals surface area (Å²) in [5.41, 5.74) is 13.5. The number of likely N-dealkylation sites (tertiary alicyclic amines) is 1. The number of hydrogen-bond acceptors (Lipinski definition) is 5. The minimum Gasteiger partial charge on any atom is -0.383 e. The lowest BCUT2D eigenvalue weighted by Crippen LogP contribution is -2.52. The van der Waals surface area contributed by atoms with Crippen molar-refractivity contribution in [3.63, 3.8) is 0 Å². The van der Waals surface area contributed by atoms with Crippen molar-refractivity contribution in [2.24, 2.45) is 0 Å². The van der Waals surface area contributed by atoms with Gasteiger partial charge in [0.15, 0.2) is 0 Å². The Morgan fingerprint density at radius 1 is 0.939 bits per heavy atom. The van der Waals surface area contributed by atoms with Crippen LogP contribution in [0.25, 0.3) is 22.3 Å². The first kappa shape index (κ1) is 20.2. The molecule has 2 atom stereocenters. The monoisotopic (exact) mass is 439 g/mol. The van der Waals surface area contributed by atoms with Gasteiger partial charge in [-0.15, -0.1) is 0 Å². The third-order valence-corrected chi connectivity index (χ3v) is 7.42. The molecule has 3 aliphatic rings. The van der Waals surface area contributed by atoms with Gasteiger partial charge in [0.2, 0.25) is 0 Å². The van der Waals surface area contributed by atoms with E-state index in [-0.39, 0.29) is 5.91 Å². The van der Waals surface area contributed by atoms with E-state index in [0.29, 0.717) is 24.4 Å². The Balaban J connectivity index is 1.30. The highest BCUT2D eigenvalue weighted by Gasteiger charge is 2.38. The van der Waals surface area contributed by atoms with E-state index in [9.17, 15) is 4.79 Å². The van der Waals surface area contributed by atoms with Gasteiger partial charge in [0, 0.05) is 60.3 Å². The smallest absolute Gasteiger partial charge is 0.251 e. The van der Waals surface area contributed by atoms with Crippen LogP contribution in [0.2, 0.25) is 0 Å². The van der Waals surface area contributed by atoms with Gasteiger partial charge >= 0.3 is 0 Å². The number of amides is 1. The number of likely N-dealkylation sites (N-methyl/N-ethyl adjacent to an activating group) is 1. The lowest BCUT2D eigenvalue weighted by Gasteiger charge is -2.41. The first-order valence-electron chi connectivity index (χ1n) is 11.8. The van der Waals surface area contributed by atoms with E-state index in [1.54, 1.807) is 0 Å². The van der Waals surface area contributed by atoms with E-state index in [2.05, 4.69) is 63.5 Å². The molecule has 3 aromatic rings. The van der Waals surface area contributed by atoms with Crippen molar-refractivity contribution in [1.29, 1.82) is 0 Å². The number of hydrogen-bond donors (Lipinski definition) is 2. The van der Waals surface area contributed by atoms with E-state index >= 15 is 0 Å². The SMILES string of the molecule is CN1C[C@H]2CC[C@@H](C1)N2c1ccc(-c2cnc(N)c(-c3ccc4c(c3)CCNC4=O)c2)cc1. The molecule has 2 saturated heterocycles. The number of rotatable bonds is 3. The van der Waals surface area contributed by atoms with Crippen LogP contribution in [0.5, 0.6) is 0 Å². The molecule has 0 spiro atoms. The van der Waals surface area contributed by atoms with Crippen molar-refractivity contribution >= 4 is 17.4 Å². The zero-order chi connectivity index (χ0) is 22.5. The van der Waals surface area contributed by atoms with Gasteiger partial charge in [0.25, 0.3) is 5.91 Å². The van der Waals surface area contributed by atoms with Crippen molar-refractivity contribution in [2.75, 3.05) is 37.3 Å². The topological polar surface area (TPSA) is 74.5 Å². The fraction of sp³-hybridized carbons (Fsp3) is 0.333. The number of piperazine rings is 1. The van der Waals surface area contributed by atoms with Gasteiger partial charge in [0.05, 0.1) is 0 Å². The summed E-state index contributed by atoms with van der Waals surface area (Å²) in [4.78, 5) is 21.7. The summed E-state index contributed by atoms with van der Waals surface area (Å²) in [7, 11) is 2.23. The number of anilines is 2. The van der Waals surface area contributed by atoms with Crippen LogP contribution in [0.1, 0.15) is 28.8 Å². The number of carbonyl (C=O) groups excluding carboxylic acids is 1. The zero-order valence-corrected chi connectivity index (χ0v) is 18.9. The molecule has 168 valence electrons. The summed E-state index contributed by atoms with van der Waals surface area (Å²) in [6, 6.07) is 18.2. The number of nitrogen functional groups attached to an aromatic ring is 1. The first-order chi connectivity index (χ1) is 16.1. The number of carbonyl (C=O) groups is 1. The molecule has 6 nitrogen and oxygen atoms in total. The van der Waals surface area contributed by atoms with Crippen LogP contribution in [0.3, 0.4) is 0 Å². The highest BCUT2D eigenvalue weighted by Crippen LogP contribution is 2.36. The van der Waals surface area contributed by atoms with Gasteiger partial charge < -0.3 is 20.9 Å². The average molecular weight is 440 g/mol. The second-order valence-corrected chi connectivity index (χ2v) is 9.59. The van der Waals surface area contributed by atoms with Crippen molar-refractivity contribution < 1.29 is 4.79 Å². The summed E-state index contributed by atoms with van der Waals surface area (Å²) in [5.74, 6) is 0.501. The van der Waals surface area contributed by atoms with Crippen LogP contribution in [-0.4, -0.2) is 54.6 Å². The molecule has 0 aliphatic carbocycles. The van der Waals surface area contributed by atoms with Crippen molar-refractivity contribution in [1.82, 2.24) is 15.2 Å². The van der Waals surface area contributed by atoms with Crippen LogP contribution in [-0.2, 0) is 6.42 Å². The molecule has 1 aromatic heterocycles. The quantitative estimate of drug-likeness (QED) is 0.653. The molecular formula is C27H29N5O. The van der Waals surface area contributed by atoms with Gasteiger partial charge in [-0.05, 0) is 67.3 Å². The normalized spacial score (nSPS) is 22.2. The van der Waals surface area contributed by atoms with E-state index in [4.69, 9.17) is 5.73 Å². The molecule has 3 aliphatic heterocycles. The molecule has 0 radical (unpaired) electrons. The maximum atomic E-state index is 12.1. The number of nitrogens with one attached hydrogen (secondary N) is 1. The van der Waals surface area contributed by atoms with Gasteiger partial charge in [-0.2, -0.15) is 0 Å². The Bertz CT molecular complexity index is 1210. The lowest BCUT2D eigenvalue weighted by molar-refractivity contribution is 0.0946. The molecule has 6 heteroatoms. The fourth-order valence-corrected chi connectivity index (χ4v) is 5.82. The molecule has 33 heavy (non-hydrogen) atoms. The maximum Gasteiger partial charge on any atom is 0.251 e. The average Bonchev–Trinajstić information content (AvgIpc) is 3.10. The second kappa shape index (κ2) is 7.89. The van der Waals surface area contributed by atoms with Crippen molar-refractivity contribution in [3.8, 4) is 22.3 Å². The van der Waals surface area contributed by atoms with E-state index in [0.717, 1.165) is 52.9 Å². The van der Waals surface area contributed by atoms with E-state index in [1.807, 2.05) is 18.3 Å². The van der Waals surface area contributed by atoms with Gasteiger partial charge in [-0.1, -0.05) is 24.3 Å². The number of benzene rings is 2. The second-order valence-electron chi connectivity index (χ2n) is 9.59. The van der Waals surface area contributed by atoms with Gasteiger partial charge in [-0.25, -0.2) is 4.98 Å². The number of nitrogens with zero attached hydrogens (tertiary/aromatic N) is 3. The van der Waals surface area contributed by atoms with Crippen LogP contribution >= 0.6 is 0 Å². The third kappa shape index (κ3) is 3.55. The number of pyridine rings is 1. The Morgan fingerprint density at radius 2 is 1.67 bits per heavy atom. The highest BCUT2D eigenvalue weighted by atomic mass is 16.1. The molecule has 2 fully saturated rings. The van der Waals surface area contributed by atoms with Gasteiger partial charge in [0.1, 0.15) is 5.82 Å².